The molecule has 0 aliphatic carbocycles. The van der Waals surface area contributed by atoms with Crippen LogP contribution in [0.3, 0.4) is 0 Å². The van der Waals surface area contributed by atoms with Crippen molar-refractivity contribution in [2.45, 2.75) is 0 Å². The maximum Gasteiger partial charge on any atom is 0.122 e. The zero-order valence-electron chi connectivity index (χ0n) is 7.81. The molecule has 0 atom stereocenters. The summed E-state index contributed by atoms with van der Waals surface area (Å²) in [6.07, 6.45) is 5.14. The van der Waals surface area contributed by atoms with Crippen LogP contribution in [0.15, 0.2) is 36.9 Å². The molecule has 2 aromatic rings. The fraction of sp³-hybridized carbons (Fsp3) is 0. The summed E-state index contributed by atoms with van der Waals surface area (Å²) in [6, 6.07) is 5.23. The van der Waals surface area contributed by atoms with Gasteiger partial charge in [0.25, 0.3) is 0 Å². The molecular weight excluding hydrogens is 212 g/mol. The molecular formula is C10H9ClN4. The predicted molar refractivity (Wildman–Crippen MR) is 59.6 cm³/mol. The lowest BCUT2D eigenvalue weighted by molar-refractivity contribution is 1.06. The predicted octanol–water partition coefficient (Wildman–Crippen LogP) is 1.81. The van der Waals surface area contributed by atoms with E-state index in [1.807, 2.05) is 0 Å². The Morgan fingerprint density at radius 3 is 2.80 bits per heavy atom. The normalized spacial score (nSPS) is 10.2. The van der Waals surface area contributed by atoms with Crippen LogP contribution in [0.25, 0.3) is 5.69 Å². The zero-order valence-corrected chi connectivity index (χ0v) is 8.57. The van der Waals surface area contributed by atoms with Crippen LogP contribution in [0, 0.1) is 5.41 Å². The number of aromatic nitrogens is 2. The van der Waals surface area contributed by atoms with E-state index in [2.05, 4.69) is 4.98 Å². The van der Waals surface area contributed by atoms with Crippen molar-refractivity contribution in [1.29, 1.82) is 5.41 Å². The summed E-state index contributed by atoms with van der Waals surface area (Å²) >= 11 is 6.06. The van der Waals surface area contributed by atoms with E-state index in [-0.39, 0.29) is 5.84 Å². The molecule has 0 aliphatic heterocycles. The summed E-state index contributed by atoms with van der Waals surface area (Å²) in [5, 5.41) is 7.82. The van der Waals surface area contributed by atoms with Crippen LogP contribution in [-0.2, 0) is 0 Å². The Hall–Kier alpha value is -1.81. The molecule has 0 saturated carbocycles. The number of nitrogens with two attached hydrogens (primary N) is 1. The first-order valence-corrected chi connectivity index (χ1v) is 4.68. The Morgan fingerprint density at radius 1 is 1.47 bits per heavy atom. The van der Waals surface area contributed by atoms with Crippen molar-refractivity contribution in [3.05, 3.63) is 47.5 Å². The molecule has 1 aromatic carbocycles. The smallest absolute Gasteiger partial charge is 0.122 e. The fourth-order valence-electron chi connectivity index (χ4n) is 1.29. The topological polar surface area (TPSA) is 67.7 Å². The van der Waals surface area contributed by atoms with Gasteiger partial charge in [0.2, 0.25) is 0 Å². The number of benzene rings is 1. The number of amidine groups is 1. The number of hydrogen-bond acceptors (Lipinski definition) is 2. The SMILES string of the molecule is N=C(N)c1ccc(-n2ccnc2)c(Cl)c1. The zero-order chi connectivity index (χ0) is 10.8. The minimum absolute atomic E-state index is 0.00841. The van der Waals surface area contributed by atoms with E-state index in [1.54, 1.807) is 41.5 Å². The average molecular weight is 221 g/mol. The van der Waals surface area contributed by atoms with Gasteiger partial charge in [0.1, 0.15) is 5.84 Å². The third-order valence-electron chi connectivity index (χ3n) is 2.04. The van der Waals surface area contributed by atoms with E-state index in [0.29, 0.717) is 10.6 Å². The van der Waals surface area contributed by atoms with Crippen LogP contribution in [-0.4, -0.2) is 15.4 Å². The van der Waals surface area contributed by atoms with E-state index in [0.717, 1.165) is 5.69 Å². The Balaban J connectivity index is 2.48. The lowest BCUT2D eigenvalue weighted by Gasteiger charge is -2.06. The highest BCUT2D eigenvalue weighted by Gasteiger charge is 2.04. The van der Waals surface area contributed by atoms with Gasteiger partial charge in [-0.1, -0.05) is 11.6 Å². The van der Waals surface area contributed by atoms with E-state index in [9.17, 15) is 0 Å². The summed E-state index contributed by atoms with van der Waals surface area (Å²) in [5.41, 5.74) is 6.79. The van der Waals surface area contributed by atoms with E-state index < -0.39 is 0 Å². The van der Waals surface area contributed by atoms with E-state index in [1.165, 1.54) is 0 Å². The lowest BCUT2D eigenvalue weighted by atomic mass is 10.2. The number of rotatable bonds is 2. The standard InChI is InChI=1S/C10H9ClN4/c11-8-5-7(10(12)13)1-2-9(8)15-4-3-14-6-15/h1-6H,(H3,12,13). The van der Waals surface area contributed by atoms with Crippen LogP contribution in [0.2, 0.25) is 5.02 Å². The van der Waals surface area contributed by atoms with Crippen molar-refractivity contribution in [3.8, 4) is 5.69 Å². The molecule has 0 saturated heterocycles. The van der Waals surface area contributed by atoms with Crippen LogP contribution in [0.1, 0.15) is 5.56 Å². The van der Waals surface area contributed by atoms with Crippen molar-refractivity contribution >= 4 is 17.4 Å². The summed E-state index contributed by atoms with van der Waals surface area (Å²) in [5.74, 6) is 0.00841. The first-order valence-electron chi connectivity index (χ1n) is 4.31. The molecule has 0 amide bonds. The van der Waals surface area contributed by atoms with Crippen molar-refractivity contribution in [2.75, 3.05) is 0 Å². The largest absolute Gasteiger partial charge is 0.384 e. The van der Waals surface area contributed by atoms with Crippen molar-refractivity contribution < 1.29 is 0 Å². The monoisotopic (exact) mass is 220 g/mol. The summed E-state index contributed by atoms with van der Waals surface area (Å²) in [4.78, 5) is 3.93. The molecule has 2 rings (SSSR count). The van der Waals surface area contributed by atoms with Gasteiger partial charge in [0.15, 0.2) is 0 Å². The second-order valence-electron chi connectivity index (χ2n) is 3.05. The molecule has 15 heavy (non-hydrogen) atoms. The first-order chi connectivity index (χ1) is 7.18. The number of nitrogen functional groups attached to an aromatic ring is 1. The van der Waals surface area contributed by atoms with Gasteiger partial charge in [0, 0.05) is 18.0 Å². The molecule has 0 unspecified atom stereocenters. The molecule has 1 aromatic heterocycles. The molecule has 0 aliphatic rings. The second kappa shape index (κ2) is 3.74. The minimum atomic E-state index is 0.00841. The maximum absolute atomic E-state index is 7.28. The molecule has 5 heteroatoms. The fourth-order valence-corrected chi connectivity index (χ4v) is 1.56. The highest BCUT2D eigenvalue weighted by Crippen LogP contribution is 2.21. The molecule has 0 bridgehead atoms. The van der Waals surface area contributed by atoms with Gasteiger partial charge in [-0.05, 0) is 18.2 Å². The summed E-state index contributed by atoms with van der Waals surface area (Å²) in [7, 11) is 0. The molecule has 76 valence electrons. The van der Waals surface area contributed by atoms with Gasteiger partial charge >= 0.3 is 0 Å². The van der Waals surface area contributed by atoms with Crippen LogP contribution >= 0.6 is 11.6 Å². The number of nitrogens with zero attached hydrogens (tertiary/aromatic N) is 2. The van der Waals surface area contributed by atoms with E-state index in [4.69, 9.17) is 22.7 Å². The molecule has 0 spiro atoms. The Morgan fingerprint density at radius 2 is 2.27 bits per heavy atom. The van der Waals surface area contributed by atoms with Crippen molar-refractivity contribution in [3.63, 3.8) is 0 Å². The van der Waals surface area contributed by atoms with Crippen molar-refractivity contribution in [2.24, 2.45) is 5.73 Å². The number of halogens is 1. The number of nitrogens with one attached hydrogen (secondary N) is 1. The van der Waals surface area contributed by atoms with Gasteiger partial charge in [-0.25, -0.2) is 4.98 Å². The van der Waals surface area contributed by atoms with Crippen LogP contribution in [0.4, 0.5) is 0 Å². The molecule has 0 fully saturated rings. The summed E-state index contributed by atoms with van der Waals surface area (Å²) in [6.45, 7) is 0. The Bertz CT molecular complexity index is 490. The van der Waals surface area contributed by atoms with Gasteiger partial charge in [0.05, 0.1) is 17.0 Å². The Labute approximate surface area is 91.8 Å². The quantitative estimate of drug-likeness (QED) is 0.599. The molecule has 1 heterocycles. The highest BCUT2D eigenvalue weighted by atomic mass is 35.5. The minimum Gasteiger partial charge on any atom is -0.384 e. The van der Waals surface area contributed by atoms with E-state index >= 15 is 0 Å². The van der Waals surface area contributed by atoms with Crippen molar-refractivity contribution in [1.82, 2.24) is 9.55 Å². The molecule has 3 N–H and O–H groups in total. The third-order valence-corrected chi connectivity index (χ3v) is 2.34. The Kier molecular flexibility index (Phi) is 2.43. The molecule has 0 radical (unpaired) electrons. The maximum atomic E-state index is 7.28. The third kappa shape index (κ3) is 1.85. The van der Waals surface area contributed by atoms with Gasteiger partial charge in [-0.2, -0.15) is 0 Å². The average Bonchev–Trinajstić information content (AvgIpc) is 2.70. The number of hydrogen-bond donors (Lipinski definition) is 2. The lowest BCUT2D eigenvalue weighted by Crippen LogP contribution is -2.11. The van der Waals surface area contributed by atoms with Gasteiger partial charge < -0.3 is 10.3 Å². The summed E-state index contributed by atoms with van der Waals surface area (Å²) < 4.78 is 1.80. The van der Waals surface area contributed by atoms with Crippen LogP contribution < -0.4 is 5.73 Å². The van der Waals surface area contributed by atoms with Gasteiger partial charge in [-0.3, -0.25) is 5.41 Å². The van der Waals surface area contributed by atoms with Crippen LogP contribution in [0.5, 0.6) is 0 Å². The van der Waals surface area contributed by atoms with Gasteiger partial charge in [-0.15, -0.1) is 0 Å². The highest BCUT2D eigenvalue weighted by molar-refractivity contribution is 6.32. The second-order valence-corrected chi connectivity index (χ2v) is 3.46. The molecule has 4 nitrogen and oxygen atoms in total. The first kappa shape index (κ1) is 9.73. The number of imidazole rings is 1.